The van der Waals surface area contributed by atoms with Crippen molar-refractivity contribution in [3.05, 3.63) is 52.2 Å². The number of rotatable bonds is 5. The number of benzene rings is 1. The maximum Gasteiger partial charge on any atom is 0.243 e. The summed E-state index contributed by atoms with van der Waals surface area (Å²) in [5, 5.41) is 5.43. The normalized spacial score (nSPS) is 15.9. The van der Waals surface area contributed by atoms with Gasteiger partial charge >= 0.3 is 0 Å². The molecule has 0 aliphatic carbocycles. The summed E-state index contributed by atoms with van der Waals surface area (Å²) in [4.78, 5) is 19.8. The lowest BCUT2D eigenvalue weighted by Crippen LogP contribution is -2.41. The van der Waals surface area contributed by atoms with Crippen LogP contribution >= 0.6 is 22.7 Å². The van der Waals surface area contributed by atoms with Crippen molar-refractivity contribution in [1.29, 1.82) is 0 Å². The van der Waals surface area contributed by atoms with E-state index in [0.29, 0.717) is 36.0 Å². The Labute approximate surface area is 184 Å². The van der Waals surface area contributed by atoms with Gasteiger partial charge in [-0.1, -0.05) is 17.7 Å². The van der Waals surface area contributed by atoms with E-state index in [0.717, 1.165) is 16.1 Å². The smallest absolute Gasteiger partial charge is 0.243 e. The molecule has 0 atom stereocenters. The first-order valence-corrected chi connectivity index (χ1v) is 12.9. The van der Waals surface area contributed by atoms with E-state index in [1.807, 2.05) is 18.4 Å². The van der Waals surface area contributed by atoms with Gasteiger partial charge in [-0.05, 0) is 51.0 Å². The number of nitrogens with zero attached hydrogens (tertiary/aromatic N) is 2. The summed E-state index contributed by atoms with van der Waals surface area (Å²) in [7, 11) is -3.52. The molecule has 0 bridgehead atoms. The largest absolute Gasteiger partial charge is 0.302 e. The second kappa shape index (κ2) is 8.58. The molecule has 0 spiro atoms. The molecule has 30 heavy (non-hydrogen) atoms. The van der Waals surface area contributed by atoms with Crippen LogP contribution in [0.15, 0.2) is 46.7 Å². The molecule has 6 nitrogen and oxygen atoms in total. The van der Waals surface area contributed by atoms with Gasteiger partial charge < -0.3 is 5.32 Å². The molecule has 1 N–H and O–H groups in total. The highest BCUT2D eigenvalue weighted by molar-refractivity contribution is 7.89. The topological polar surface area (TPSA) is 79.4 Å². The molecule has 1 aromatic carbocycles. The number of carbonyl (C=O) groups is 1. The highest BCUT2D eigenvalue weighted by Gasteiger charge is 2.32. The maximum absolute atomic E-state index is 12.8. The Hall–Kier alpha value is -2.07. The number of thiazole rings is 1. The summed E-state index contributed by atoms with van der Waals surface area (Å²) in [6.07, 6.45) is 0.999. The first-order valence-electron chi connectivity index (χ1n) is 9.73. The van der Waals surface area contributed by atoms with Crippen molar-refractivity contribution >= 4 is 43.7 Å². The minimum atomic E-state index is -3.52. The van der Waals surface area contributed by atoms with Gasteiger partial charge in [0.25, 0.3) is 0 Å². The van der Waals surface area contributed by atoms with Gasteiger partial charge in [-0.25, -0.2) is 13.4 Å². The molecule has 1 aliphatic rings. The fourth-order valence-electron chi connectivity index (χ4n) is 3.44. The van der Waals surface area contributed by atoms with Crippen molar-refractivity contribution in [2.45, 2.75) is 31.6 Å². The van der Waals surface area contributed by atoms with E-state index in [4.69, 9.17) is 0 Å². The zero-order chi connectivity index (χ0) is 21.3. The zero-order valence-electron chi connectivity index (χ0n) is 16.8. The Morgan fingerprint density at radius 3 is 2.43 bits per heavy atom. The van der Waals surface area contributed by atoms with Gasteiger partial charge in [0, 0.05) is 29.3 Å². The molecule has 3 aromatic rings. The summed E-state index contributed by atoms with van der Waals surface area (Å²) in [6.45, 7) is 4.65. The first-order chi connectivity index (χ1) is 14.3. The van der Waals surface area contributed by atoms with E-state index < -0.39 is 10.0 Å². The van der Waals surface area contributed by atoms with Crippen LogP contribution in [0.5, 0.6) is 0 Å². The number of thiophene rings is 1. The third kappa shape index (κ3) is 4.49. The Bertz CT molecular complexity index is 1140. The number of nitrogens with one attached hydrogen (secondary N) is 1. The molecule has 1 amide bonds. The molecule has 9 heteroatoms. The molecular weight excluding hydrogens is 438 g/mol. The third-order valence-corrected chi connectivity index (χ3v) is 8.90. The Morgan fingerprint density at radius 2 is 1.80 bits per heavy atom. The van der Waals surface area contributed by atoms with Gasteiger partial charge in [-0.3, -0.25) is 4.79 Å². The van der Waals surface area contributed by atoms with Gasteiger partial charge in [-0.2, -0.15) is 4.31 Å². The number of hydrogen-bond acceptors (Lipinski definition) is 6. The molecule has 0 saturated carbocycles. The fourth-order valence-corrected chi connectivity index (χ4v) is 6.53. The molecule has 4 rings (SSSR count). The number of piperidine rings is 1. The molecule has 1 fully saturated rings. The van der Waals surface area contributed by atoms with Crippen LogP contribution in [0.4, 0.5) is 5.13 Å². The molecule has 0 unspecified atom stereocenters. The highest BCUT2D eigenvalue weighted by atomic mass is 32.2. The van der Waals surface area contributed by atoms with Crippen molar-refractivity contribution in [3.8, 4) is 10.6 Å². The van der Waals surface area contributed by atoms with E-state index >= 15 is 0 Å². The number of amides is 1. The van der Waals surface area contributed by atoms with E-state index in [1.54, 1.807) is 35.6 Å². The molecule has 2 aromatic heterocycles. The number of carbonyl (C=O) groups excluding carboxylic acids is 1. The molecule has 0 radical (unpaired) electrons. The summed E-state index contributed by atoms with van der Waals surface area (Å²) in [5.41, 5.74) is 1.89. The Balaban J connectivity index is 1.35. The second-order valence-corrected chi connectivity index (χ2v) is 11.5. The summed E-state index contributed by atoms with van der Waals surface area (Å²) >= 11 is 3.08. The monoisotopic (exact) mass is 461 g/mol. The average molecular weight is 462 g/mol. The quantitative estimate of drug-likeness (QED) is 0.606. The molecule has 3 heterocycles. The van der Waals surface area contributed by atoms with Crippen molar-refractivity contribution in [2.75, 3.05) is 18.4 Å². The van der Waals surface area contributed by atoms with E-state index in [1.165, 1.54) is 20.5 Å². The summed E-state index contributed by atoms with van der Waals surface area (Å²) in [5.74, 6) is -0.309. The van der Waals surface area contributed by atoms with Crippen LogP contribution in [0.3, 0.4) is 0 Å². The van der Waals surface area contributed by atoms with E-state index in [-0.39, 0.29) is 11.8 Å². The lowest BCUT2D eigenvalue weighted by Gasteiger charge is -2.30. The minimum Gasteiger partial charge on any atom is -0.302 e. The number of anilines is 1. The van der Waals surface area contributed by atoms with Crippen LogP contribution in [-0.2, 0) is 14.8 Å². The van der Waals surface area contributed by atoms with Crippen LogP contribution in [0.2, 0.25) is 0 Å². The molecule has 1 aliphatic heterocycles. The predicted molar refractivity (Wildman–Crippen MR) is 121 cm³/mol. The third-order valence-electron chi connectivity index (χ3n) is 5.21. The zero-order valence-corrected chi connectivity index (χ0v) is 19.2. The van der Waals surface area contributed by atoms with Gasteiger partial charge in [0.2, 0.25) is 15.9 Å². The molecule has 158 valence electrons. The van der Waals surface area contributed by atoms with Gasteiger partial charge in [-0.15, -0.1) is 22.7 Å². The van der Waals surface area contributed by atoms with Crippen molar-refractivity contribution in [1.82, 2.24) is 9.29 Å². The van der Waals surface area contributed by atoms with E-state index in [9.17, 15) is 13.2 Å². The van der Waals surface area contributed by atoms with Gasteiger partial charge in [0.05, 0.1) is 15.5 Å². The van der Waals surface area contributed by atoms with Crippen LogP contribution in [0.25, 0.3) is 10.6 Å². The van der Waals surface area contributed by atoms with Crippen LogP contribution < -0.4 is 5.32 Å². The lowest BCUT2D eigenvalue weighted by molar-refractivity contribution is -0.120. The molecule has 1 saturated heterocycles. The van der Waals surface area contributed by atoms with Crippen LogP contribution in [0, 0.1) is 19.8 Å². The number of aryl methyl sites for hydroxylation is 2. The average Bonchev–Trinajstić information content (AvgIpc) is 3.37. The van der Waals surface area contributed by atoms with Crippen molar-refractivity contribution < 1.29 is 13.2 Å². The Morgan fingerprint density at radius 1 is 1.10 bits per heavy atom. The van der Waals surface area contributed by atoms with Crippen LogP contribution in [0.1, 0.15) is 23.3 Å². The first kappa shape index (κ1) is 21.2. The number of aromatic nitrogens is 1. The van der Waals surface area contributed by atoms with Crippen molar-refractivity contribution in [2.24, 2.45) is 5.92 Å². The van der Waals surface area contributed by atoms with Gasteiger partial charge in [0.1, 0.15) is 0 Å². The minimum absolute atomic E-state index is 0.0920. The standard InChI is InChI=1S/C21H23N3O3S3/c1-14-3-6-17(7-4-14)30(26,27)24-11-9-16(10-12-24)20(25)23-21-22-18(13-28-21)19-8-5-15(2)29-19/h3-8,13,16H,9-12H2,1-2H3,(H,22,23,25). The van der Waals surface area contributed by atoms with E-state index in [2.05, 4.69) is 23.3 Å². The second-order valence-electron chi connectivity index (χ2n) is 7.43. The number of sulfonamides is 1. The van der Waals surface area contributed by atoms with Crippen molar-refractivity contribution in [3.63, 3.8) is 0 Å². The summed E-state index contributed by atoms with van der Waals surface area (Å²) < 4.78 is 27.1. The van der Waals surface area contributed by atoms with Gasteiger partial charge in [0.15, 0.2) is 5.13 Å². The fraction of sp³-hybridized carbons (Fsp3) is 0.333. The highest BCUT2D eigenvalue weighted by Crippen LogP contribution is 2.31. The lowest BCUT2D eigenvalue weighted by atomic mass is 9.97. The number of hydrogen-bond donors (Lipinski definition) is 1. The molecular formula is C21H23N3O3S3. The summed E-state index contributed by atoms with van der Waals surface area (Å²) in [6, 6.07) is 11.0. The SMILES string of the molecule is Cc1ccc(S(=O)(=O)N2CCC(C(=O)Nc3nc(-c4ccc(C)s4)cs3)CC2)cc1. The maximum atomic E-state index is 12.8. The Kier molecular flexibility index (Phi) is 6.06. The van der Waals surface area contributed by atoms with Crippen LogP contribution in [-0.4, -0.2) is 36.7 Å². The predicted octanol–water partition coefficient (Wildman–Crippen LogP) is 4.53.